The molecule has 2 aromatic rings. The lowest BCUT2D eigenvalue weighted by Crippen LogP contribution is -2.14. The lowest BCUT2D eigenvalue weighted by atomic mass is 9.95. The zero-order valence-corrected chi connectivity index (χ0v) is 12.0. The van der Waals surface area contributed by atoms with E-state index in [0.29, 0.717) is 5.92 Å². The molecule has 2 unspecified atom stereocenters. The summed E-state index contributed by atoms with van der Waals surface area (Å²) in [6.07, 6.45) is 3.39. The average Bonchev–Trinajstić information content (AvgIpc) is 2.39. The van der Waals surface area contributed by atoms with Crippen molar-refractivity contribution in [3.63, 3.8) is 0 Å². The van der Waals surface area contributed by atoms with Crippen LogP contribution < -0.4 is 0 Å². The molecule has 0 aromatic heterocycles. The Kier molecular flexibility index (Phi) is 4.66. The van der Waals surface area contributed by atoms with E-state index in [2.05, 4.69) is 56.3 Å². The summed E-state index contributed by atoms with van der Waals surface area (Å²) >= 11 is 6.50. The molecule has 2 aromatic carbocycles. The maximum Gasteiger partial charge on any atom is 0.0401 e. The van der Waals surface area contributed by atoms with Crippen LogP contribution in [0.2, 0.25) is 0 Å². The number of halogens is 1. The molecule has 0 heterocycles. The van der Waals surface area contributed by atoms with Gasteiger partial charge in [-0.1, -0.05) is 62.7 Å². The smallest absolute Gasteiger partial charge is 0.0401 e. The van der Waals surface area contributed by atoms with Gasteiger partial charge in [0.25, 0.3) is 0 Å². The Labute approximate surface area is 115 Å². The van der Waals surface area contributed by atoms with Gasteiger partial charge in [0, 0.05) is 5.38 Å². The number of hydrogen-bond acceptors (Lipinski definition) is 0. The zero-order valence-electron chi connectivity index (χ0n) is 11.2. The van der Waals surface area contributed by atoms with Gasteiger partial charge in [0.05, 0.1) is 0 Å². The predicted octanol–water partition coefficient (Wildman–Crippen LogP) is 5.43. The van der Waals surface area contributed by atoms with E-state index < -0.39 is 0 Å². The second kappa shape index (κ2) is 6.24. The van der Waals surface area contributed by atoms with E-state index in [1.54, 1.807) is 0 Å². The summed E-state index contributed by atoms with van der Waals surface area (Å²) in [4.78, 5) is 0. The molecule has 0 aliphatic rings. The Morgan fingerprint density at radius 1 is 1.06 bits per heavy atom. The van der Waals surface area contributed by atoms with E-state index in [1.807, 2.05) is 0 Å². The van der Waals surface area contributed by atoms with Crippen molar-refractivity contribution < 1.29 is 0 Å². The Morgan fingerprint density at radius 2 is 1.78 bits per heavy atom. The van der Waals surface area contributed by atoms with E-state index in [4.69, 9.17) is 11.6 Å². The van der Waals surface area contributed by atoms with Gasteiger partial charge >= 0.3 is 0 Å². The molecular weight excluding hydrogens is 240 g/mol. The molecule has 18 heavy (non-hydrogen) atoms. The third-order valence-corrected chi connectivity index (χ3v) is 4.19. The van der Waals surface area contributed by atoms with Crippen molar-refractivity contribution in [2.24, 2.45) is 5.92 Å². The maximum atomic E-state index is 6.50. The molecule has 0 nitrogen and oxygen atoms in total. The van der Waals surface area contributed by atoms with Crippen molar-refractivity contribution in [3.8, 4) is 0 Å². The quantitative estimate of drug-likeness (QED) is 0.629. The van der Waals surface area contributed by atoms with Gasteiger partial charge in [-0.2, -0.15) is 0 Å². The van der Waals surface area contributed by atoms with Crippen LogP contribution in [0.3, 0.4) is 0 Å². The van der Waals surface area contributed by atoms with Crippen molar-refractivity contribution >= 4 is 22.4 Å². The molecule has 0 aliphatic heterocycles. The minimum absolute atomic E-state index is 0.242. The molecule has 0 amide bonds. The SMILES string of the molecule is CCCC(C)C(Cl)Cc1ccc2ccccc2c1. The highest BCUT2D eigenvalue weighted by molar-refractivity contribution is 6.20. The summed E-state index contributed by atoms with van der Waals surface area (Å²) in [5.74, 6) is 0.586. The van der Waals surface area contributed by atoms with Crippen molar-refractivity contribution in [1.82, 2.24) is 0 Å². The lowest BCUT2D eigenvalue weighted by molar-refractivity contribution is 0.494. The standard InChI is InChI=1S/C17H21Cl/c1-3-6-13(2)17(18)12-14-9-10-15-7-4-5-8-16(15)11-14/h4-5,7-11,13,17H,3,6,12H2,1-2H3. The predicted molar refractivity (Wildman–Crippen MR) is 81.4 cm³/mol. The molecule has 0 spiro atoms. The summed E-state index contributed by atoms with van der Waals surface area (Å²) in [7, 11) is 0. The fourth-order valence-corrected chi connectivity index (χ4v) is 2.73. The number of alkyl halides is 1. The summed E-state index contributed by atoms with van der Waals surface area (Å²) in [6.45, 7) is 4.47. The first-order valence-corrected chi connectivity index (χ1v) is 7.26. The molecular formula is C17H21Cl. The van der Waals surface area contributed by atoms with E-state index in [1.165, 1.54) is 29.2 Å². The maximum absolute atomic E-state index is 6.50. The Hall–Kier alpha value is -1.01. The van der Waals surface area contributed by atoms with Crippen LogP contribution >= 0.6 is 11.6 Å². The molecule has 0 aliphatic carbocycles. The van der Waals surface area contributed by atoms with Crippen molar-refractivity contribution in [1.29, 1.82) is 0 Å². The van der Waals surface area contributed by atoms with E-state index >= 15 is 0 Å². The minimum atomic E-state index is 0.242. The van der Waals surface area contributed by atoms with E-state index in [0.717, 1.165) is 6.42 Å². The van der Waals surface area contributed by atoms with Crippen LogP contribution in [0.1, 0.15) is 32.3 Å². The van der Waals surface area contributed by atoms with Gasteiger partial charge in [-0.15, -0.1) is 11.6 Å². The van der Waals surface area contributed by atoms with Crippen LogP contribution in [0, 0.1) is 5.92 Å². The van der Waals surface area contributed by atoms with Gasteiger partial charge < -0.3 is 0 Å². The van der Waals surface area contributed by atoms with Crippen LogP contribution in [-0.2, 0) is 6.42 Å². The summed E-state index contributed by atoms with van der Waals surface area (Å²) in [6, 6.07) is 15.1. The molecule has 0 saturated heterocycles. The summed E-state index contributed by atoms with van der Waals surface area (Å²) in [5.41, 5.74) is 1.34. The molecule has 1 heteroatoms. The van der Waals surface area contributed by atoms with E-state index in [9.17, 15) is 0 Å². The highest BCUT2D eigenvalue weighted by Crippen LogP contribution is 2.23. The molecule has 0 N–H and O–H groups in total. The van der Waals surface area contributed by atoms with Gasteiger partial charge in [0.2, 0.25) is 0 Å². The third-order valence-electron chi connectivity index (χ3n) is 3.61. The molecule has 0 fully saturated rings. The van der Waals surface area contributed by atoms with Gasteiger partial charge in [-0.05, 0) is 35.1 Å². The monoisotopic (exact) mass is 260 g/mol. The van der Waals surface area contributed by atoms with Crippen LogP contribution in [0.15, 0.2) is 42.5 Å². The first-order valence-electron chi connectivity index (χ1n) is 6.82. The largest absolute Gasteiger partial charge is 0.122 e. The summed E-state index contributed by atoms with van der Waals surface area (Å²) in [5, 5.41) is 2.85. The zero-order chi connectivity index (χ0) is 13.0. The third kappa shape index (κ3) is 3.26. The minimum Gasteiger partial charge on any atom is -0.122 e. The Balaban J connectivity index is 2.12. The summed E-state index contributed by atoms with van der Waals surface area (Å²) < 4.78 is 0. The average molecular weight is 261 g/mol. The van der Waals surface area contributed by atoms with Crippen molar-refractivity contribution in [3.05, 3.63) is 48.0 Å². The fraction of sp³-hybridized carbons (Fsp3) is 0.412. The lowest BCUT2D eigenvalue weighted by Gasteiger charge is -2.17. The van der Waals surface area contributed by atoms with Gasteiger partial charge in [-0.3, -0.25) is 0 Å². The number of fused-ring (bicyclic) bond motifs is 1. The highest BCUT2D eigenvalue weighted by Gasteiger charge is 2.14. The topological polar surface area (TPSA) is 0 Å². The number of benzene rings is 2. The van der Waals surface area contributed by atoms with E-state index in [-0.39, 0.29) is 5.38 Å². The van der Waals surface area contributed by atoms with Crippen molar-refractivity contribution in [2.75, 3.05) is 0 Å². The molecule has 0 bridgehead atoms. The Morgan fingerprint density at radius 3 is 2.50 bits per heavy atom. The van der Waals surface area contributed by atoms with Crippen LogP contribution in [0.4, 0.5) is 0 Å². The number of hydrogen-bond donors (Lipinski definition) is 0. The molecule has 2 atom stereocenters. The molecule has 96 valence electrons. The molecule has 0 radical (unpaired) electrons. The Bertz CT molecular complexity index is 504. The van der Waals surface area contributed by atoms with Crippen molar-refractivity contribution in [2.45, 2.75) is 38.5 Å². The van der Waals surface area contributed by atoms with Crippen LogP contribution in [-0.4, -0.2) is 5.38 Å². The normalized spacial score (nSPS) is 14.6. The van der Waals surface area contributed by atoms with Gasteiger partial charge in [-0.25, -0.2) is 0 Å². The number of rotatable bonds is 5. The molecule has 0 saturated carbocycles. The van der Waals surface area contributed by atoms with Crippen LogP contribution in [0.25, 0.3) is 10.8 Å². The highest BCUT2D eigenvalue weighted by atomic mass is 35.5. The first-order chi connectivity index (χ1) is 8.70. The fourth-order valence-electron chi connectivity index (χ4n) is 2.43. The van der Waals surface area contributed by atoms with Gasteiger partial charge in [0.15, 0.2) is 0 Å². The second-order valence-corrected chi connectivity index (χ2v) is 5.73. The van der Waals surface area contributed by atoms with Gasteiger partial charge in [0.1, 0.15) is 0 Å². The molecule has 2 rings (SSSR count). The first kappa shape index (κ1) is 13.4. The van der Waals surface area contributed by atoms with Crippen LogP contribution in [0.5, 0.6) is 0 Å². The second-order valence-electron chi connectivity index (χ2n) is 5.17.